The molecule has 0 bridgehead atoms. The quantitative estimate of drug-likeness (QED) is 0.380. The minimum absolute atomic E-state index is 0.119. The van der Waals surface area contributed by atoms with E-state index in [0.717, 1.165) is 43.7 Å². The molecule has 2 aliphatic rings. The third-order valence-corrected chi connectivity index (χ3v) is 9.41. The standard InChI is InChI=1S/C32H36N2O6S/c1-34(28-13-16-39-17-14-28)21-23-7-9-27(10-8-23)33-32(35)24-15-18-41(36,37)31-12-11-29(20-26(31)19-24)40-22-25-5-3-4-6-30(25)38-2/h3-12,19-20,28H,13-18,21-22H2,1-2H3,(H,33,35). The summed E-state index contributed by atoms with van der Waals surface area (Å²) in [5, 5.41) is 2.94. The zero-order valence-electron chi connectivity index (χ0n) is 23.5. The van der Waals surface area contributed by atoms with Crippen molar-refractivity contribution in [2.24, 2.45) is 0 Å². The van der Waals surface area contributed by atoms with E-state index in [9.17, 15) is 13.2 Å². The number of benzene rings is 3. The lowest BCUT2D eigenvalue weighted by Gasteiger charge is -2.31. The molecule has 0 saturated carbocycles. The first-order valence-electron chi connectivity index (χ1n) is 13.8. The van der Waals surface area contributed by atoms with Gasteiger partial charge >= 0.3 is 0 Å². The first-order chi connectivity index (χ1) is 19.8. The summed E-state index contributed by atoms with van der Waals surface area (Å²) in [6.07, 6.45) is 3.85. The smallest absolute Gasteiger partial charge is 0.251 e. The van der Waals surface area contributed by atoms with Gasteiger partial charge in [0.05, 0.1) is 17.8 Å². The molecular weight excluding hydrogens is 540 g/mol. The van der Waals surface area contributed by atoms with E-state index in [1.807, 2.05) is 48.5 Å². The Morgan fingerprint density at radius 1 is 1.05 bits per heavy atom. The lowest BCUT2D eigenvalue weighted by molar-refractivity contribution is -0.112. The number of anilines is 1. The molecular formula is C32H36N2O6S. The van der Waals surface area contributed by atoms with Gasteiger partial charge in [-0.05, 0) is 79.9 Å². The topological polar surface area (TPSA) is 94.2 Å². The van der Waals surface area contributed by atoms with E-state index in [2.05, 4.69) is 17.3 Å². The number of sulfone groups is 1. The number of carbonyl (C=O) groups excluding carboxylic acids is 1. The third-order valence-electron chi connectivity index (χ3n) is 7.62. The van der Waals surface area contributed by atoms with E-state index < -0.39 is 9.84 Å². The molecule has 5 rings (SSSR count). The molecule has 41 heavy (non-hydrogen) atoms. The summed E-state index contributed by atoms with van der Waals surface area (Å²) in [4.78, 5) is 15.8. The highest BCUT2D eigenvalue weighted by Gasteiger charge is 2.25. The fourth-order valence-electron chi connectivity index (χ4n) is 5.24. The molecule has 1 fully saturated rings. The minimum Gasteiger partial charge on any atom is -0.496 e. The van der Waals surface area contributed by atoms with Crippen LogP contribution in [0.3, 0.4) is 0 Å². The summed E-state index contributed by atoms with van der Waals surface area (Å²) in [5.41, 5.74) is 3.53. The Hall–Kier alpha value is -3.66. The number of methoxy groups -OCH3 is 1. The van der Waals surface area contributed by atoms with Gasteiger partial charge in [-0.15, -0.1) is 0 Å². The van der Waals surface area contributed by atoms with Crippen LogP contribution >= 0.6 is 0 Å². The minimum atomic E-state index is -3.56. The summed E-state index contributed by atoms with van der Waals surface area (Å²) < 4.78 is 42.8. The van der Waals surface area contributed by atoms with Gasteiger partial charge in [0.15, 0.2) is 9.84 Å². The van der Waals surface area contributed by atoms with Crippen LogP contribution in [0.5, 0.6) is 11.5 Å². The molecule has 0 atom stereocenters. The molecule has 0 aliphatic carbocycles. The van der Waals surface area contributed by atoms with Crippen LogP contribution in [-0.4, -0.2) is 58.4 Å². The van der Waals surface area contributed by atoms with Crippen molar-refractivity contribution >= 4 is 27.5 Å². The summed E-state index contributed by atoms with van der Waals surface area (Å²) >= 11 is 0. The van der Waals surface area contributed by atoms with E-state index in [0.29, 0.717) is 34.4 Å². The number of rotatable bonds is 9. The molecule has 216 valence electrons. The number of ether oxygens (including phenoxy) is 3. The van der Waals surface area contributed by atoms with Gasteiger partial charge in [-0.3, -0.25) is 9.69 Å². The highest BCUT2D eigenvalue weighted by Crippen LogP contribution is 2.31. The van der Waals surface area contributed by atoms with Crippen LogP contribution in [0.1, 0.15) is 36.0 Å². The van der Waals surface area contributed by atoms with Gasteiger partial charge in [-0.1, -0.05) is 30.3 Å². The van der Waals surface area contributed by atoms with E-state index in [1.54, 1.807) is 31.4 Å². The average molecular weight is 577 g/mol. The van der Waals surface area contributed by atoms with Gasteiger partial charge in [-0.25, -0.2) is 8.42 Å². The SMILES string of the molecule is COc1ccccc1COc1ccc2c(c1)C=C(C(=O)Nc1ccc(CN(C)C3CCOCC3)cc1)CCS2(=O)=O. The molecule has 1 saturated heterocycles. The third kappa shape index (κ3) is 7.16. The van der Waals surface area contributed by atoms with Crippen molar-refractivity contribution in [1.29, 1.82) is 0 Å². The second-order valence-electron chi connectivity index (χ2n) is 10.4. The predicted molar refractivity (Wildman–Crippen MR) is 159 cm³/mol. The van der Waals surface area contributed by atoms with Crippen molar-refractivity contribution in [3.63, 3.8) is 0 Å². The number of carbonyl (C=O) groups is 1. The van der Waals surface area contributed by atoms with Crippen LogP contribution < -0.4 is 14.8 Å². The van der Waals surface area contributed by atoms with Crippen LogP contribution in [0, 0.1) is 0 Å². The summed E-state index contributed by atoms with van der Waals surface area (Å²) in [6.45, 7) is 2.69. The number of nitrogens with one attached hydrogen (secondary N) is 1. The van der Waals surface area contributed by atoms with Crippen molar-refractivity contribution in [3.05, 3.63) is 89.0 Å². The number of hydrogen-bond acceptors (Lipinski definition) is 7. The number of amides is 1. The molecule has 0 spiro atoms. The van der Waals surface area contributed by atoms with Gasteiger partial charge in [0, 0.05) is 42.6 Å². The lowest BCUT2D eigenvalue weighted by Crippen LogP contribution is -2.36. The fourth-order valence-corrected chi connectivity index (χ4v) is 6.70. The number of para-hydroxylation sites is 1. The van der Waals surface area contributed by atoms with Crippen LogP contribution in [0.4, 0.5) is 5.69 Å². The zero-order chi connectivity index (χ0) is 28.8. The normalized spacial score (nSPS) is 16.8. The van der Waals surface area contributed by atoms with E-state index in [1.165, 1.54) is 0 Å². The van der Waals surface area contributed by atoms with Crippen LogP contribution in [-0.2, 0) is 32.5 Å². The Bertz CT molecular complexity index is 1510. The molecule has 1 amide bonds. The molecule has 9 heteroatoms. The first-order valence-corrected chi connectivity index (χ1v) is 15.5. The van der Waals surface area contributed by atoms with Gasteiger partial charge < -0.3 is 19.5 Å². The first kappa shape index (κ1) is 28.9. The largest absolute Gasteiger partial charge is 0.496 e. The van der Waals surface area contributed by atoms with Crippen molar-refractivity contribution < 1.29 is 27.4 Å². The summed E-state index contributed by atoms with van der Waals surface area (Å²) in [6, 6.07) is 20.7. The van der Waals surface area contributed by atoms with Gasteiger partial charge in [0.25, 0.3) is 5.91 Å². The summed E-state index contributed by atoms with van der Waals surface area (Å²) in [5.74, 6) is 0.755. The maximum Gasteiger partial charge on any atom is 0.251 e. The van der Waals surface area contributed by atoms with Gasteiger partial charge in [0.1, 0.15) is 18.1 Å². The number of nitrogens with zero attached hydrogens (tertiary/aromatic N) is 1. The number of hydrogen-bond donors (Lipinski definition) is 1. The molecule has 0 radical (unpaired) electrons. The second kappa shape index (κ2) is 12.9. The van der Waals surface area contributed by atoms with E-state index in [-0.39, 0.29) is 29.6 Å². The molecule has 1 N–H and O–H groups in total. The molecule has 3 aromatic carbocycles. The molecule has 0 aromatic heterocycles. The molecule has 3 aromatic rings. The Morgan fingerprint density at radius 3 is 2.56 bits per heavy atom. The summed E-state index contributed by atoms with van der Waals surface area (Å²) in [7, 11) is 0.173. The molecule has 8 nitrogen and oxygen atoms in total. The predicted octanol–water partition coefficient (Wildman–Crippen LogP) is 5.08. The van der Waals surface area contributed by atoms with Crippen molar-refractivity contribution in [2.45, 2.75) is 43.4 Å². The highest BCUT2D eigenvalue weighted by molar-refractivity contribution is 7.91. The Balaban J connectivity index is 1.28. The maximum atomic E-state index is 13.2. The average Bonchev–Trinajstić information content (AvgIpc) is 3.12. The van der Waals surface area contributed by atoms with Crippen LogP contribution in [0.15, 0.2) is 77.2 Å². The van der Waals surface area contributed by atoms with E-state index in [4.69, 9.17) is 14.2 Å². The Morgan fingerprint density at radius 2 is 1.80 bits per heavy atom. The molecule has 2 aliphatic heterocycles. The highest BCUT2D eigenvalue weighted by atomic mass is 32.2. The Kier molecular flexibility index (Phi) is 9.07. The monoisotopic (exact) mass is 576 g/mol. The fraction of sp³-hybridized carbons (Fsp3) is 0.344. The van der Waals surface area contributed by atoms with Crippen LogP contribution in [0.25, 0.3) is 6.08 Å². The van der Waals surface area contributed by atoms with E-state index >= 15 is 0 Å². The number of fused-ring (bicyclic) bond motifs is 1. The lowest BCUT2D eigenvalue weighted by atomic mass is 10.1. The van der Waals surface area contributed by atoms with Gasteiger partial charge in [-0.2, -0.15) is 0 Å². The van der Waals surface area contributed by atoms with Crippen molar-refractivity contribution in [1.82, 2.24) is 4.90 Å². The van der Waals surface area contributed by atoms with Crippen molar-refractivity contribution in [2.75, 3.05) is 38.4 Å². The zero-order valence-corrected chi connectivity index (χ0v) is 24.3. The molecule has 2 heterocycles. The van der Waals surface area contributed by atoms with Crippen LogP contribution in [0.2, 0.25) is 0 Å². The van der Waals surface area contributed by atoms with Crippen molar-refractivity contribution in [3.8, 4) is 11.5 Å². The maximum absolute atomic E-state index is 13.2. The Labute approximate surface area is 241 Å². The second-order valence-corrected chi connectivity index (χ2v) is 12.5. The molecule has 0 unspecified atom stereocenters. The van der Waals surface area contributed by atoms with Gasteiger partial charge in [0.2, 0.25) is 0 Å².